The summed E-state index contributed by atoms with van der Waals surface area (Å²) < 4.78 is -0.636. The fraction of sp³-hybridized carbons (Fsp3) is 0.500. The van der Waals surface area contributed by atoms with Gasteiger partial charge in [0.1, 0.15) is 0 Å². The van der Waals surface area contributed by atoms with E-state index in [4.69, 9.17) is 0 Å². The fourth-order valence-electron chi connectivity index (χ4n) is 3.07. The van der Waals surface area contributed by atoms with Crippen LogP contribution in [0.1, 0.15) is 25.5 Å². The molecule has 3 heterocycles. The van der Waals surface area contributed by atoms with Gasteiger partial charge in [0.25, 0.3) is 0 Å². The number of nitrogens with zero attached hydrogens (tertiary/aromatic N) is 2. The normalized spacial score (nSPS) is 30.0. The van der Waals surface area contributed by atoms with Gasteiger partial charge >= 0.3 is 51.4 Å². The molecule has 2 aliphatic heterocycles. The molecule has 0 saturated carbocycles. The Morgan fingerprint density at radius 3 is 2.77 bits per heavy atom. The zero-order chi connectivity index (χ0) is 15.4. The molecule has 112 valence electrons. The van der Waals surface area contributed by atoms with Gasteiger partial charge in [-0.2, -0.15) is 0 Å². The SMILES string of the molecule is CC1(C)S[C@@H]2[C@@H](C(O)c3cccnc3)C(=O)N2[C@H]1C(=O)[O-].[K+]. The van der Waals surface area contributed by atoms with Gasteiger partial charge in [-0.3, -0.25) is 9.78 Å². The van der Waals surface area contributed by atoms with Crippen molar-refractivity contribution in [3.8, 4) is 0 Å². The second-order valence-corrected chi connectivity index (χ2v) is 7.61. The Morgan fingerprint density at radius 1 is 1.55 bits per heavy atom. The summed E-state index contributed by atoms with van der Waals surface area (Å²) in [6.45, 7) is 3.55. The van der Waals surface area contributed by atoms with Gasteiger partial charge in [0.05, 0.1) is 29.4 Å². The molecule has 0 spiro atoms. The van der Waals surface area contributed by atoms with Crippen LogP contribution in [0.3, 0.4) is 0 Å². The number of carboxylic acid groups (broad SMARTS) is 1. The summed E-state index contributed by atoms with van der Waals surface area (Å²) >= 11 is 1.39. The summed E-state index contributed by atoms with van der Waals surface area (Å²) in [5.74, 6) is -2.23. The van der Waals surface area contributed by atoms with Crippen LogP contribution in [0.2, 0.25) is 0 Å². The van der Waals surface area contributed by atoms with Gasteiger partial charge in [-0.05, 0) is 25.5 Å². The Balaban J connectivity index is 0.00000176. The molecule has 1 amide bonds. The number of hydrogen-bond donors (Lipinski definition) is 1. The van der Waals surface area contributed by atoms with Crippen LogP contribution in [0, 0.1) is 5.92 Å². The topological polar surface area (TPSA) is 93.6 Å². The van der Waals surface area contributed by atoms with Gasteiger partial charge in [0.15, 0.2) is 0 Å². The molecule has 4 atom stereocenters. The Morgan fingerprint density at radius 2 is 2.23 bits per heavy atom. The number of aliphatic carboxylic acids is 1. The predicted molar refractivity (Wildman–Crippen MR) is 73.8 cm³/mol. The number of fused-ring (bicyclic) bond motifs is 1. The third kappa shape index (κ3) is 2.79. The van der Waals surface area contributed by atoms with Crippen LogP contribution >= 0.6 is 11.8 Å². The van der Waals surface area contributed by atoms with E-state index < -0.39 is 28.8 Å². The molecule has 0 aliphatic carbocycles. The maximum atomic E-state index is 12.3. The summed E-state index contributed by atoms with van der Waals surface area (Å²) in [4.78, 5) is 28.9. The van der Waals surface area contributed by atoms with E-state index in [1.165, 1.54) is 22.9 Å². The van der Waals surface area contributed by atoms with E-state index in [0.717, 1.165) is 0 Å². The molecular formula is C14H15KN2O4S. The van der Waals surface area contributed by atoms with Crippen molar-refractivity contribution in [2.45, 2.75) is 36.1 Å². The average molecular weight is 346 g/mol. The number of carboxylic acids is 1. The van der Waals surface area contributed by atoms with Crippen molar-refractivity contribution < 1.29 is 71.2 Å². The molecule has 1 N–H and O–H groups in total. The molecule has 8 heteroatoms. The Labute approximate surface area is 175 Å². The van der Waals surface area contributed by atoms with Gasteiger partial charge in [-0.1, -0.05) is 6.07 Å². The van der Waals surface area contributed by atoms with Crippen molar-refractivity contribution in [3.05, 3.63) is 30.1 Å². The van der Waals surface area contributed by atoms with Crippen molar-refractivity contribution in [3.63, 3.8) is 0 Å². The first kappa shape index (κ1) is 18.4. The number of amides is 1. The standard InChI is InChI=1S/C14H16N2O4S.K/c1-14(2)10(13(19)20)16-11(18)8(12(16)21-14)9(17)7-4-3-5-15-6-7;/h3-6,8-10,12,17H,1-2H3,(H,19,20);/q;+1/p-1/t8-,9?,10-,12+;/m0./s1. The van der Waals surface area contributed by atoms with Crippen molar-refractivity contribution in [2.24, 2.45) is 5.92 Å². The van der Waals surface area contributed by atoms with Gasteiger partial charge in [0, 0.05) is 17.1 Å². The van der Waals surface area contributed by atoms with Crippen LogP contribution in [-0.2, 0) is 9.59 Å². The van der Waals surface area contributed by atoms with Crippen LogP contribution in [0.4, 0.5) is 0 Å². The Kier molecular flexibility index (Phi) is 5.43. The Hall–Kier alpha value is 0.0364. The molecule has 6 nitrogen and oxygen atoms in total. The minimum absolute atomic E-state index is 0. The van der Waals surface area contributed by atoms with E-state index in [1.807, 2.05) is 0 Å². The predicted octanol–water partition coefficient (Wildman–Crippen LogP) is -3.45. The number of aliphatic hydroxyl groups is 1. The number of aromatic nitrogens is 1. The molecule has 2 fully saturated rings. The summed E-state index contributed by atoms with van der Waals surface area (Å²) in [6, 6.07) is 2.43. The first-order chi connectivity index (χ1) is 9.84. The van der Waals surface area contributed by atoms with E-state index in [2.05, 4.69) is 4.98 Å². The minimum Gasteiger partial charge on any atom is -0.548 e. The summed E-state index contributed by atoms with van der Waals surface area (Å²) in [7, 11) is 0. The van der Waals surface area contributed by atoms with Gasteiger partial charge in [-0.15, -0.1) is 11.8 Å². The number of hydrogen-bond acceptors (Lipinski definition) is 6. The van der Waals surface area contributed by atoms with E-state index in [0.29, 0.717) is 5.56 Å². The van der Waals surface area contributed by atoms with Crippen LogP contribution < -0.4 is 56.5 Å². The van der Waals surface area contributed by atoms with Crippen molar-refractivity contribution in [2.75, 3.05) is 0 Å². The van der Waals surface area contributed by atoms with Crippen molar-refractivity contribution in [1.29, 1.82) is 0 Å². The van der Waals surface area contributed by atoms with Crippen molar-refractivity contribution in [1.82, 2.24) is 9.88 Å². The maximum absolute atomic E-state index is 12.3. The van der Waals surface area contributed by atoms with Crippen molar-refractivity contribution >= 4 is 23.6 Å². The summed E-state index contributed by atoms with van der Waals surface area (Å²) in [5.41, 5.74) is 0.561. The summed E-state index contributed by atoms with van der Waals surface area (Å²) in [6.07, 6.45) is 2.13. The van der Waals surface area contributed by atoms with E-state index in [9.17, 15) is 19.8 Å². The second-order valence-electron chi connectivity index (χ2n) is 5.84. The minimum atomic E-state index is -1.25. The molecule has 0 bridgehead atoms. The zero-order valence-electron chi connectivity index (χ0n) is 12.6. The maximum Gasteiger partial charge on any atom is 1.00 e. The van der Waals surface area contributed by atoms with E-state index in [1.54, 1.807) is 32.2 Å². The van der Waals surface area contributed by atoms with Crippen LogP contribution in [-0.4, -0.2) is 43.0 Å². The van der Waals surface area contributed by atoms with Gasteiger partial charge in [-0.25, -0.2) is 0 Å². The fourth-order valence-corrected chi connectivity index (χ4v) is 4.78. The van der Waals surface area contributed by atoms with E-state index in [-0.39, 0.29) is 62.7 Å². The molecule has 1 aromatic rings. The monoisotopic (exact) mass is 346 g/mol. The first-order valence-corrected chi connectivity index (χ1v) is 7.51. The van der Waals surface area contributed by atoms with Gasteiger partial charge < -0.3 is 19.9 Å². The molecule has 0 aromatic carbocycles. The van der Waals surface area contributed by atoms with E-state index >= 15 is 0 Å². The third-order valence-electron chi connectivity index (χ3n) is 4.07. The molecule has 1 aromatic heterocycles. The summed E-state index contributed by atoms with van der Waals surface area (Å²) in [5, 5.41) is 21.4. The number of aliphatic hydroxyl groups excluding tert-OH is 1. The van der Waals surface area contributed by atoms with Crippen LogP contribution in [0.25, 0.3) is 0 Å². The number of carbonyl (C=O) groups is 2. The molecule has 1 unspecified atom stereocenters. The number of β-lactam (4-membered cyclic amide) rings is 1. The number of rotatable bonds is 3. The molecule has 2 saturated heterocycles. The first-order valence-electron chi connectivity index (χ1n) is 6.63. The largest absolute Gasteiger partial charge is 1.00 e. The molecular weight excluding hydrogens is 331 g/mol. The van der Waals surface area contributed by atoms with Gasteiger partial charge in [0.2, 0.25) is 5.91 Å². The van der Waals surface area contributed by atoms with Crippen LogP contribution in [0.15, 0.2) is 24.5 Å². The number of thioether (sulfide) groups is 1. The molecule has 0 radical (unpaired) electrons. The average Bonchev–Trinajstić information content (AvgIpc) is 2.68. The molecule has 3 rings (SSSR count). The zero-order valence-corrected chi connectivity index (χ0v) is 16.5. The quantitative estimate of drug-likeness (QED) is 0.452. The number of pyridine rings is 1. The Bertz CT molecular complexity index is 598. The van der Waals surface area contributed by atoms with Crippen LogP contribution in [0.5, 0.6) is 0 Å². The third-order valence-corrected chi connectivity index (χ3v) is 5.66. The molecule has 22 heavy (non-hydrogen) atoms. The second kappa shape index (κ2) is 6.50. The smallest absolute Gasteiger partial charge is 0.548 e. The number of carbonyl (C=O) groups excluding carboxylic acids is 2. The molecule has 2 aliphatic rings.